The van der Waals surface area contributed by atoms with Crippen LogP contribution in [0.5, 0.6) is 0 Å². The first-order chi connectivity index (χ1) is 9.56. The number of hydrogen-bond acceptors (Lipinski definition) is 4. The topological polar surface area (TPSA) is 56.6 Å². The van der Waals surface area contributed by atoms with Crippen molar-refractivity contribution < 1.29 is 14.4 Å². The fourth-order valence-corrected chi connectivity index (χ4v) is 1.97. The number of hydrogen-bond donors (Lipinski definition) is 2. The van der Waals surface area contributed by atoms with Gasteiger partial charge in [0.2, 0.25) is 0 Å². The molecule has 0 atom stereocenters. The van der Waals surface area contributed by atoms with Gasteiger partial charge in [-0.2, -0.15) is 0 Å². The molecular formula is C14H16BFN2O2. The number of benzene rings is 1. The predicted octanol–water partition coefficient (Wildman–Crippen LogP) is 0.532. The van der Waals surface area contributed by atoms with E-state index < -0.39 is 12.9 Å². The van der Waals surface area contributed by atoms with Crippen molar-refractivity contribution >= 4 is 12.6 Å². The summed E-state index contributed by atoms with van der Waals surface area (Å²) < 4.78 is 13.8. The summed E-state index contributed by atoms with van der Waals surface area (Å²) in [6.45, 7) is 1.04. The number of rotatable bonds is 5. The van der Waals surface area contributed by atoms with Gasteiger partial charge in [0.05, 0.1) is 5.69 Å². The Morgan fingerprint density at radius 2 is 2.00 bits per heavy atom. The van der Waals surface area contributed by atoms with Crippen molar-refractivity contribution in [3.05, 3.63) is 59.7 Å². The highest BCUT2D eigenvalue weighted by Crippen LogP contribution is 2.10. The molecule has 0 aliphatic rings. The normalized spacial score (nSPS) is 10.8. The van der Waals surface area contributed by atoms with Crippen LogP contribution in [0.15, 0.2) is 42.6 Å². The van der Waals surface area contributed by atoms with E-state index in [0.717, 1.165) is 11.8 Å². The average molecular weight is 274 g/mol. The second-order valence-corrected chi connectivity index (χ2v) is 4.72. The zero-order chi connectivity index (χ0) is 14.5. The fourth-order valence-electron chi connectivity index (χ4n) is 1.97. The first kappa shape index (κ1) is 14.6. The molecule has 20 heavy (non-hydrogen) atoms. The van der Waals surface area contributed by atoms with E-state index in [0.29, 0.717) is 18.7 Å². The van der Waals surface area contributed by atoms with Crippen molar-refractivity contribution in [1.82, 2.24) is 9.88 Å². The molecule has 0 radical (unpaired) electrons. The van der Waals surface area contributed by atoms with Gasteiger partial charge in [0.15, 0.2) is 0 Å². The minimum absolute atomic E-state index is 0.152. The lowest BCUT2D eigenvalue weighted by Gasteiger charge is -2.17. The van der Waals surface area contributed by atoms with E-state index in [1.165, 1.54) is 6.07 Å². The number of aromatic nitrogens is 1. The first-order valence-electron chi connectivity index (χ1n) is 6.29. The summed E-state index contributed by atoms with van der Waals surface area (Å²) in [6, 6.07) is 9.90. The van der Waals surface area contributed by atoms with Gasteiger partial charge in [-0.1, -0.05) is 18.2 Å². The summed E-state index contributed by atoms with van der Waals surface area (Å²) in [4.78, 5) is 6.16. The van der Waals surface area contributed by atoms with Crippen LogP contribution < -0.4 is 5.46 Å². The molecule has 0 unspecified atom stereocenters. The third-order valence-electron chi connectivity index (χ3n) is 2.97. The predicted molar refractivity (Wildman–Crippen MR) is 75.6 cm³/mol. The van der Waals surface area contributed by atoms with Gasteiger partial charge in [0.1, 0.15) is 5.82 Å². The van der Waals surface area contributed by atoms with Gasteiger partial charge in [0.25, 0.3) is 0 Å². The number of nitrogens with zero attached hydrogens (tertiary/aromatic N) is 2. The van der Waals surface area contributed by atoms with Gasteiger partial charge >= 0.3 is 7.12 Å². The average Bonchev–Trinajstić information content (AvgIpc) is 2.42. The Hall–Kier alpha value is -1.76. The van der Waals surface area contributed by atoms with E-state index in [1.54, 1.807) is 12.3 Å². The highest BCUT2D eigenvalue weighted by atomic mass is 19.1. The second-order valence-electron chi connectivity index (χ2n) is 4.72. The standard InChI is InChI=1S/C14H16BFN2O2/c1-18(10-13-4-2-3-7-17-13)9-11-5-6-12(15(19)20)8-14(11)16/h2-8,19-20H,9-10H2,1H3. The molecular weight excluding hydrogens is 258 g/mol. The largest absolute Gasteiger partial charge is 0.488 e. The summed E-state index contributed by atoms with van der Waals surface area (Å²) >= 11 is 0. The highest BCUT2D eigenvalue weighted by molar-refractivity contribution is 6.58. The van der Waals surface area contributed by atoms with Gasteiger partial charge in [-0.15, -0.1) is 0 Å². The molecule has 0 aliphatic heterocycles. The van der Waals surface area contributed by atoms with Gasteiger partial charge in [-0.05, 0) is 30.7 Å². The molecule has 0 bridgehead atoms. The molecule has 0 saturated carbocycles. The van der Waals surface area contributed by atoms with E-state index in [-0.39, 0.29) is 5.46 Å². The van der Waals surface area contributed by atoms with E-state index in [2.05, 4.69) is 4.98 Å². The van der Waals surface area contributed by atoms with Crippen molar-refractivity contribution in [2.45, 2.75) is 13.1 Å². The van der Waals surface area contributed by atoms with E-state index >= 15 is 0 Å². The Bertz CT molecular complexity index is 566. The van der Waals surface area contributed by atoms with Crippen molar-refractivity contribution in [3.63, 3.8) is 0 Å². The van der Waals surface area contributed by atoms with E-state index in [4.69, 9.17) is 10.0 Å². The third-order valence-corrected chi connectivity index (χ3v) is 2.97. The smallest absolute Gasteiger partial charge is 0.423 e. The van der Waals surface area contributed by atoms with Crippen LogP contribution in [0.1, 0.15) is 11.3 Å². The minimum Gasteiger partial charge on any atom is -0.423 e. The molecule has 1 aromatic carbocycles. The molecule has 2 N–H and O–H groups in total. The molecule has 1 heterocycles. The maximum atomic E-state index is 13.8. The zero-order valence-corrected chi connectivity index (χ0v) is 11.2. The van der Waals surface area contributed by atoms with Crippen molar-refractivity contribution in [1.29, 1.82) is 0 Å². The lowest BCUT2D eigenvalue weighted by atomic mass is 9.80. The molecule has 1 aromatic heterocycles. The molecule has 0 spiro atoms. The fraction of sp³-hybridized carbons (Fsp3) is 0.214. The molecule has 0 amide bonds. The Kier molecular flexibility index (Phi) is 4.84. The maximum Gasteiger partial charge on any atom is 0.488 e. The Labute approximate surface area is 117 Å². The molecule has 104 valence electrons. The molecule has 0 fully saturated rings. The van der Waals surface area contributed by atoms with Crippen LogP contribution in [-0.2, 0) is 13.1 Å². The van der Waals surface area contributed by atoms with Crippen LogP contribution >= 0.6 is 0 Å². The van der Waals surface area contributed by atoms with E-state index in [9.17, 15) is 4.39 Å². The monoisotopic (exact) mass is 274 g/mol. The number of halogens is 1. The Morgan fingerprint density at radius 3 is 2.60 bits per heavy atom. The van der Waals surface area contributed by atoms with Crippen molar-refractivity contribution in [2.24, 2.45) is 0 Å². The van der Waals surface area contributed by atoms with Crippen molar-refractivity contribution in [3.8, 4) is 0 Å². The lowest BCUT2D eigenvalue weighted by molar-refractivity contribution is 0.310. The SMILES string of the molecule is CN(Cc1ccccn1)Cc1ccc(B(O)O)cc1F. The highest BCUT2D eigenvalue weighted by Gasteiger charge is 2.14. The quantitative estimate of drug-likeness (QED) is 0.781. The summed E-state index contributed by atoms with van der Waals surface area (Å²) in [5, 5.41) is 18.0. The zero-order valence-electron chi connectivity index (χ0n) is 11.2. The van der Waals surface area contributed by atoms with E-state index in [1.807, 2.05) is 30.1 Å². The summed E-state index contributed by atoms with van der Waals surface area (Å²) in [5.74, 6) is -0.441. The van der Waals surface area contributed by atoms with Crippen LogP contribution in [0.2, 0.25) is 0 Å². The molecule has 6 heteroatoms. The maximum absolute atomic E-state index is 13.8. The van der Waals surface area contributed by atoms with Crippen LogP contribution in [0.4, 0.5) is 4.39 Å². The lowest BCUT2D eigenvalue weighted by Crippen LogP contribution is -2.30. The van der Waals surface area contributed by atoms with Crippen LogP contribution in [-0.4, -0.2) is 34.1 Å². The summed E-state index contributed by atoms with van der Waals surface area (Å²) in [7, 11) is 0.230. The molecule has 2 rings (SSSR count). The molecule has 4 nitrogen and oxygen atoms in total. The molecule has 2 aromatic rings. The molecule has 0 aliphatic carbocycles. The second kappa shape index (κ2) is 6.61. The van der Waals surface area contributed by atoms with Crippen molar-refractivity contribution in [2.75, 3.05) is 7.05 Å². The summed E-state index contributed by atoms with van der Waals surface area (Å²) in [5.41, 5.74) is 1.57. The first-order valence-corrected chi connectivity index (χ1v) is 6.29. The van der Waals surface area contributed by atoms with Crippen LogP contribution in [0, 0.1) is 5.82 Å². The minimum atomic E-state index is -1.65. The Morgan fingerprint density at radius 1 is 1.20 bits per heavy atom. The third kappa shape index (κ3) is 3.87. The Balaban J connectivity index is 2.02. The van der Waals surface area contributed by atoms with Crippen LogP contribution in [0.3, 0.4) is 0 Å². The van der Waals surface area contributed by atoms with Gasteiger partial charge in [0, 0.05) is 24.8 Å². The van der Waals surface area contributed by atoms with Gasteiger partial charge < -0.3 is 10.0 Å². The van der Waals surface area contributed by atoms with Gasteiger partial charge in [-0.25, -0.2) is 4.39 Å². The molecule has 0 saturated heterocycles. The summed E-state index contributed by atoms with van der Waals surface area (Å²) in [6.07, 6.45) is 1.72. The van der Waals surface area contributed by atoms with Gasteiger partial charge in [-0.3, -0.25) is 9.88 Å². The number of pyridine rings is 1. The van der Waals surface area contributed by atoms with Crippen LogP contribution in [0.25, 0.3) is 0 Å².